The van der Waals surface area contributed by atoms with Crippen molar-refractivity contribution in [3.05, 3.63) is 64.7 Å². The Morgan fingerprint density at radius 1 is 1.09 bits per heavy atom. The van der Waals surface area contributed by atoms with E-state index in [-0.39, 0.29) is 36.3 Å². The van der Waals surface area contributed by atoms with E-state index in [1.807, 2.05) is 18.2 Å². The van der Waals surface area contributed by atoms with Gasteiger partial charge in [0.15, 0.2) is 0 Å². The summed E-state index contributed by atoms with van der Waals surface area (Å²) >= 11 is 0. The first-order chi connectivity index (χ1) is 16.0. The van der Waals surface area contributed by atoms with Gasteiger partial charge in [0.25, 0.3) is 17.7 Å². The number of rotatable bonds is 8. The van der Waals surface area contributed by atoms with Gasteiger partial charge >= 0.3 is 0 Å². The predicted octanol–water partition coefficient (Wildman–Crippen LogP) is 3.91. The van der Waals surface area contributed by atoms with Crippen molar-refractivity contribution in [1.82, 2.24) is 15.1 Å². The van der Waals surface area contributed by atoms with Crippen LogP contribution in [0.1, 0.15) is 69.2 Å². The number of methoxy groups -OCH3 is 1. The molecule has 3 amide bonds. The van der Waals surface area contributed by atoms with E-state index in [2.05, 4.69) is 17.1 Å². The summed E-state index contributed by atoms with van der Waals surface area (Å²) in [6.07, 6.45) is 4.66. The topological polar surface area (TPSA) is 79.0 Å². The summed E-state index contributed by atoms with van der Waals surface area (Å²) in [5.41, 5.74) is 1.73. The number of carbonyl (C=O) groups is 3. The first-order valence-electron chi connectivity index (χ1n) is 11.6. The Hall–Kier alpha value is -2.90. The van der Waals surface area contributed by atoms with Crippen molar-refractivity contribution in [3.8, 4) is 5.75 Å². The first-order valence-corrected chi connectivity index (χ1v) is 11.6. The molecule has 34 heavy (non-hydrogen) atoms. The molecule has 1 N–H and O–H groups in total. The monoisotopic (exact) mass is 485 g/mol. The van der Waals surface area contributed by atoms with Gasteiger partial charge in [0.1, 0.15) is 5.75 Å². The van der Waals surface area contributed by atoms with Crippen molar-refractivity contribution >= 4 is 30.1 Å². The van der Waals surface area contributed by atoms with Crippen molar-refractivity contribution in [1.29, 1.82) is 0 Å². The van der Waals surface area contributed by atoms with Gasteiger partial charge in [0, 0.05) is 30.3 Å². The van der Waals surface area contributed by atoms with Crippen LogP contribution >= 0.6 is 12.4 Å². The molecule has 1 saturated heterocycles. The number of piperidine rings is 1. The lowest BCUT2D eigenvalue weighted by molar-refractivity contribution is 0.0641. The predicted molar refractivity (Wildman–Crippen MR) is 133 cm³/mol. The van der Waals surface area contributed by atoms with E-state index in [0.29, 0.717) is 29.5 Å². The van der Waals surface area contributed by atoms with Crippen molar-refractivity contribution in [2.45, 2.75) is 45.2 Å². The quantitative estimate of drug-likeness (QED) is 0.453. The molecular formula is C26H32ClN3O4. The number of carbonyl (C=O) groups excluding carboxylic acids is 3. The normalized spacial score (nSPS) is 17.8. The van der Waals surface area contributed by atoms with E-state index in [9.17, 15) is 14.4 Å². The van der Waals surface area contributed by atoms with Gasteiger partial charge in [-0.2, -0.15) is 0 Å². The van der Waals surface area contributed by atoms with Gasteiger partial charge in [-0.05, 0) is 57.0 Å². The Morgan fingerprint density at radius 3 is 2.62 bits per heavy atom. The number of halogens is 1. The molecule has 0 aliphatic carbocycles. The maximum atomic E-state index is 13.0. The fourth-order valence-corrected chi connectivity index (χ4v) is 4.66. The minimum atomic E-state index is -0.394. The summed E-state index contributed by atoms with van der Waals surface area (Å²) in [5, 5.41) is 2.94. The molecule has 0 radical (unpaired) electrons. The summed E-state index contributed by atoms with van der Waals surface area (Å²) in [6, 6.07) is 12.6. The molecule has 2 heterocycles. The fourth-order valence-electron chi connectivity index (χ4n) is 4.66. The molecule has 2 aromatic carbocycles. The molecule has 1 atom stereocenters. The van der Waals surface area contributed by atoms with Crippen molar-refractivity contribution in [3.63, 3.8) is 0 Å². The van der Waals surface area contributed by atoms with Gasteiger partial charge in [-0.15, -0.1) is 12.4 Å². The number of fused-ring (bicyclic) bond motifs is 1. The number of nitrogens with one attached hydrogen (secondary N) is 1. The zero-order chi connectivity index (χ0) is 23.4. The number of para-hydroxylation sites is 1. The summed E-state index contributed by atoms with van der Waals surface area (Å²) in [7, 11) is 1.55. The molecule has 0 bridgehead atoms. The van der Waals surface area contributed by atoms with E-state index in [4.69, 9.17) is 4.74 Å². The number of nitrogens with zero attached hydrogens (tertiary/aromatic N) is 2. The van der Waals surface area contributed by atoms with Crippen LogP contribution in [0.3, 0.4) is 0 Å². The fraction of sp³-hybridized carbons (Fsp3) is 0.423. The second kappa shape index (κ2) is 11.5. The van der Waals surface area contributed by atoms with Crippen LogP contribution in [0.25, 0.3) is 0 Å². The van der Waals surface area contributed by atoms with Gasteiger partial charge < -0.3 is 15.0 Å². The summed E-state index contributed by atoms with van der Waals surface area (Å²) in [4.78, 5) is 42.1. The van der Waals surface area contributed by atoms with Crippen LogP contribution in [0.15, 0.2) is 42.5 Å². The molecule has 182 valence electrons. The number of hydrogen-bond donors (Lipinski definition) is 1. The molecule has 2 aromatic rings. The highest BCUT2D eigenvalue weighted by Gasteiger charge is 2.36. The summed E-state index contributed by atoms with van der Waals surface area (Å²) in [6.45, 7) is 5.05. The molecular weight excluding hydrogens is 454 g/mol. The Kier molecular flexibility index (Phi) is 8.69. The highest BCUT2D eigenvalue weighted by atomic mass is 35.5. The number of benzene rings is 2. The summed E-state index contributed by atoms with van der Waals surface area (Å²) < 4.78 is 5.34. The lowest BCUT2D eigenvalue weighted by Crippen LogP contribution is -2.39. The van der Waals surface area contributed by atoms with Crippen LogP contribution in [-0.4, -0.2) is 60.3 Å². The average Bonchev–Trinajstić information content (AvgIpc) is 3.07. The standard InChI is InChI=1S/C26H31N3O4.ClH/c1-18-8-5-6-14-28(18)15-7-13-27-24(30)19-11-12-21-22(16-19)26(32)29(25(21)31)17-20-9-3-4-10-23(20)33-2;/h3-4,9-12,16,18H,5-8,13-15,17H2,1-2H3,(H,27,30);1H. The smallest absolute Gasteiger partial charge is 0.261 e. The Balaban J connectivity index is 0.00000324. The SMILES string of the molecule is COc1ccccc1CN1C(=O)c2ccc(C(=O)NCCCN3CCCCC3C)cc2C1=O.Cl. The molecule has 0 aromatic heterocycles. The molecule has 0 saturated carbocycles. The Labute approximate surface area is 206 Å². The third-order valence-electron chi connectivity index (χ3n) is 6.60. The number of imide groups is 1. The van der Waals surface area contributed by atoms with Gasteiger partial charge in [-0.25, -0.2) is 0 Å². The minimum Gasteiger partial charge on any atom is -0.496 e. The van der Waals surface area contributed by atoms with Crippen LogP contribution in [0.5, 0.6) is 5.75 Å². The lowest BCUT2D eigenvalue weighted by Gasteiger charge is -2.33. The third kappa shape index (κ3) is 5.42. The average molecular weight is 486 g/mol. The number of hydrogen-bond acceptors (Lipinski definition) is 5. The number of amides is 3. The van der Waals surface area contributed by atoms with Crippen molar-refractivity contribution < 1.29 is 19.1 Å². The zero-order valence-electron chi connectivity index (χ0n) is 19.7. The van der Waals surface area contributed by atoms with E-state index in [0.717, 1.165) is 25.1 Å². The molecule has 1 fully saturated rings. The van der Waals surface area contributed by atoms with E-state index in [1.165, 1.54) is 30.2 Å². The zero-order valence-corrected chi connectivity index (χ0v) is 20.5. The number of likely N-dealkylation sites (tertiary alicyclic amines) is 1. The van der Waals surface area contributed by atoms with Gasteiger partial charge in [-0.1, -0.05) is 24.6 Å². The largest absolute Gasteiger partial charge is 0.496 e. The first kappa shape index (κ1) is 25.7. The van der Waals surface area contributed by atoms with Crippen molar-refractivity contribution in [2.75, 3.05) is 26.7 Å². The van der Waals surface area contributed by atoms with Crippen LogP contribution in [0.2, 0.25) is 0 Å². The van der Waals surface area contributed by atoms with Crippen LogP contribution in [-0.2, 0) is 6.54 Å². The van der Waals surface area contributed by atoms with E-state index in [1.54, 1.807) is 25.3 Å². The molecule has 2 aliphatic rings. The van der Waals surface area contributed by atoms with Crippen LogP contribution < -0.4 is 10.1 Å². The molecule has 8 heteroatoms. The molecule has 2 aliphatic heterocycles. The van der Waals surface area contributed by atoms with Crippen LogP contribution in [0.4, 0.5) is 0 Å². The van der Waals surface area contributed by atoms with E-state index >= 15 is 0 Å². The highest BCUT2D eigenvalue weighted by molar-refractivity contribution is 6.22. The van der Waals surface area contributed by atoms with Crippen LogP contribution in [0, 0.1) is 0 Å². The molecule has 7 nitrogen and oxygen atoms in total. The highest BCUT2D eigenvalue weighted by Crippen LogP contribution is 2.28. The second-order valence-corrected chi connectivity index (χ2v) is 8.76. The maximum absolute atomic E-state index is 13.0. The van der Waals surface area contributed by atoms with Gasteiger partial charge in [-0.3, -0.25) is 19.3 Å². The Morgan fingerprint density at radius 2 is 1.85 bits per heavy atom. The second-order valence-electron chi connectivity index (χ2n) is 8.76. The molecule has 0 spiro atoms. The van der Waals surface area contributed by atoms with Gasteiger partial charge in [0.05, 0.1) is 24.8 Å². The van der Waals surface area contributed by atoms with E-state index < -0.39 is 5.91 Å². The number of ether oxygens (including phenoxy) is 1. The minimum absolute atomic E-state index is 0. The van der Waals surface area contributed by atoms with Crippen molar-refractivity contribution in [2.24, 2.45) is 0 Å². The lowest BCUT2D eigenvalue weighted by atomic mass is 10.0. The molecule has 1 unspecified atom stereocenters. The summed E-state index contributed by atoms with van der Waals surface area (Å²) in [5.74, 6) is -0.362. The molecule has 4 rings (SSSR count). The Bertz CT molecular complexity index is 1060. The third-order valence-corrected chi connectivity index (χ3v) is 6.60. The maximum Gasteiger partial charge on any atom is 0.261 e. The van der Waals surface area contributed by atoms with Gasteiger partial charge in [0.2, 0.25) is 0 Å².